The Hall–Kier alpha value is -1.06. The molecule has 1 saturated carbocycles. The molecule has 1 amide bonds. The zero-order valence-electron chi connectivity index (χ0n) is 8.44. The molecule has 1 aliphatic heterocycles. The van der Waals surface area contributed by atoms with Crippen molar-refractivity contribution >= 4 is 11.6 Å². The molecule has 14 heavy (non-hydrogen) atoms. The molecule has 0 aromatic rings. The predicted molar refractivity (Wildman–Crippen MR) is 52.4 cm³/mol. The van der Waals surface area contributed by atoms with E-state index in [9.17, 15) is 4.79 Å². The van der Waals surface area contributed by atoms with Crippen LogP contribution in [0.5, 0.6) is 0 Å². The van der Waals surface area contributed by atoms with Crippen LogP contribution >= 0.6 is 0 Å². The average molecular weight is 196 g/mol. The van der Waals surface area contributed by atoms with Crippen LogP contribution in [0.4, 0.5) is 0 Å². The van der Waals surface area contributed by atoms with E-state index in [1.807, 2.05) is 11.9 Å². The normalized spacial score (nSPS) is 35.9. The largest absolute Gasteiger partial charge is 0.411 e. The molecular weight excluding hydrogens is 180 g/mol. The molecule has 2 atom stereocenters. The number of oxime groups is 1. The third kappa shape index (κ3) is 1.49. The molecular formula is C10H16N2O2. The molecule has 1 N–H and O–H groups in total. The van der Waals surface area contributed by atoms with Gasteiger partial charge in [0.05, 0.1) is 5.71 Å². The lowest BCUT2D eigenvalue weighted by Crippen LogP contribution is -2.49. The minimum absolute atomic E-state index is 0.227. The molecule has 2 aliphatic rings. The van der Waals surface area contributed by atoms with Gasteiger partial charge in [0.15, 0.2) is 0 Å². The van der Waals surface area contributed by atoms with Gasteiger partial charge in [-0.3, -0.25) is 4.79 Å². The number of nitrogens with zero attached hydrogens (tertiary/aromatic N) is 2. The van der Waals surface area contributed by atoms with Gasteiger partial charge in [0.2, 0.25) is 5.91 Å². The van der Waals surface area contributed by atoms with Crippen molar-refractivity contribution in [2.75, 3.05) is 7.05 Å². The van der Waals surface area contributed by atoms with Crippen molar-refractivity contribution in [2.45, 2.75) is 38.1 Å². The molecule has 1 aliphatic carbocycles. The van der Waals surface area contributed by atoms with Crippen LogP contribution in [0, 0.1) is 5.92 Å². The number of hydrogen-bond donors (Lipinski definition) is 1. The molecule has 0 unspecified atom stereocenters. The topological polar surface area (TPSA) is 52.9 Å². The van der Waals surface area contributed by atoms with Crippen LogP contribution in [0.15, 0.2) is 5.16 Å². The maximum Gasteiger partial charge on any atom is 0.222 e. The second kappa shape index (κ2) is 3.59. The smallest absolute Gasteiger partial charge is 0.222 e. The fourth-order valence-electron chi connectivity index (χ4n) is 2.61. The van der Waals surface area contributed by atoms with E-state index in [0.29, 0.717) is 12.3 Å². The minimum atomic E-state index is 0.227. The van der Waals surface area contributed by atoms with E-state index in [2.05, 4.69) is 5.16 Å². The van der Waals surface area contributed by atoms with Crippen molar-refractivity contribution < 1.29 is 10.0 Å². The monoisotopic (exact) mass is 196 g/mol. The van der Waals surface area contributed by atoms with Gasteiger partial charge in [0.1, 0.15) is 0 Å². The second-order valence-corrected chi connectivity index (χ2v) is 4.28. The van der Waals surface area contributed by atoms with E-state index in [-0.39, 0.29) is 11.9 Å². The van der Waals surface area contributed by atoms with Gasteiger partial charge in [0.25, 0.3) is 0 Å². The van der Waals surface area contributed by atoms with Crippen molar-refractivity contribution in [1.82, 2.24) is 4.90 Å². The molecule has 0 aromatic carbocycles. The van der Waals surface area contributed by atoms with Crippen LogP contribution in [-0.2, 0) is 4.79 Å². The summed E-state index contributed by atoms with van der Waals surface area (Å²) < 4.78 is 0. The summed E-state index contributed by atoms with van der Waals surface area (Å²) in [6.07, 6.45) is 4.39. The number of fused-ring (bicyclic) bond motifs is 1. The lowest BCUT2D eigenvalue weighted by Gasteiger charge is -2.42. The molecule has 4 heteroatoms. The Morgan fingerprint density at radius 2 is 2.14 bits per heavy atom. The summed E-state index contributed by atoms with van der Waals surface area (Å²) >= 11 is 0. The molecule has 1 heterocycles. The Morgan fingerprint density at radius 3 is 2.86 bits per heavy atom. The molecule has 78 valence electrons. The standard InChI is InChI=1S/C10H16N2O2/c1-12-9-6-8(11-14)4-2-7(9)3-5-10(12)13/h7,9,14H,2-6H2,1H3/b11-8-/t7-,9-/m0/s1. The van der Waals surface area contributed by atoms with Crippen molar-refractivity contribution in [3.63, 3.8) is 0 Å². The van der Waals surface area contributed by atoms with Gasteiger partial charge in [-0.2, -0.15) is 0 Å². The van der Waals surface area contributed by atoms with Crippen LogP contribution in [0.25, 0.3) is 0 Å². The number of piperidine rings is 1. The van der Waals surface area contributed by atoms with E-state index in [4.69, 9.17) is 5.21 Å². The fourth-order valence-corrected chi connectivity index (χ4v) is 2.61. The van der Waals surface area contributed by atoms with Gasteiger partial charge < -0.3 is 10.1 Å². The Morgan fingerprint density at radius 1 is 1.43 bits per heavy atom. The maximum absolute atomic E-state index is 11.5. The van der Waals surface area contributed by atoms with Crippen molar-refractivity contribution in [3.8, 4) is 0 Å². The van der Waals surface area contributed by atoms with E-state index in [1.54, 1.807) is 0 Å². The number of carbonyl (C=O) groups is 1. The molecule has 0 aromatic heterocycles. The second-order valence-electron chi connectivity index (χ2n) is 4.28. The highest BCUT2D eigenvalue weighted by atomic mass is 16.4. The Labute approximate surface area is 83.6 Å². The quantitative estimate of drug-likeness (QED) is 0.468. The van der Waals surface area contributed by atoms with Crippen LogP contribution < -0.4 is 0 Å². The summed E-state index contributed by atoms with van der Waals surface area (Å²) in [5, 5.41) is 12.0. The van der Waals surface area contributed by atoms with Crippen LogP contribution in [0.2, 0.25) is 0 Å². The highest BCUT2D eigenvalue weighted by molar-refractivity contribution is 5.86. The van der Waals surface area contributed by atoms with Gasteiger partial charge in [-0.1, -0.05) is 5.16 Å². The first-order chi connectivity index (χ1) is 6.72. The van der Waals surface area contributed by atoms with Crippen molar-refractivity contribution in [1.29, 1.82) is 0 Å². The van der Waals surface area contributed by atoms with Gasteiger partial charge in [-0.05, 0) is 25.2 Å². The highest BCUT2D eigenvalue weighted by Gasteiger charge is 2.36. The first kappa shape index (κ1) is 9.49. The summed E-state index contributed by atoms with van der Waals surface area (Å²) in [7, 11) is 1.86. The van der Waals surface area contributed by atoms with Crippen LogP contribution in [0.1, 0.15) is 32.1 Å². The Kier molecular flexibility index (Phi) is 2.44. The number of carbonyl (C=O) groups excluding carboxylic acids is 1. The lowest BCUT2D eigenvalue weighted by molar-refractivity contribution is -0.136. The first-order valence-corrected chi connectivity index (χ1v) is 5.18. The molecule has 2 rings (SSSR count). The van der Waals surface area contributed by atoms with Crippen LogP contribution in [-0.4, -0.2) is 34.8 Å². The van der Waals surface area contributed by atoms with Crippen LogP contribution in [0.3, 0.4) is 0 Å². The molecule has 1 saturated heterocycles. The van der Waals surface area contributed by atoms with E-state index in [0.717, 1.165) is 31.4 Å². The molecule has 0 radical (unpaired) electrons. The van der Waals surface area contributed by atoms with Crippen molar-refractivity contribution in [2.24, 2.45) is 11.1 Å². The van der Waals surface area contributed by atoms with Gasteiger partial charge in [-0.25, -0.2) is 0 Å². The lowest BCUT2D eigenvalue weighted by atomic mass is 9.77. The van der Waals surface area contributed by atoms with Crippen molar-refractivity contribution in [3.05, 3.63) is 0 Å². The first-order valence-electron chi connectivity index (χ1n) is 5.18. The summed E-state index contributed by atoms with van der Waals surface area (Å²) in [5.74, 6) is 0.841. The van der Waals surface area contributed by atoms with E-state index >= 15 is 0 Å². The zero-order chi connectivity index (χ0) is 10.1. The Balaban J connectivity index is 2.12. The average Bonchev–Trinajstić information content (AvgIpc) is 2.23. The third-order valence-electron chi connectivity index (χ3n) is 3.55. The SMILES string of the molecule is CN1C(=O)CC[C@@H]2CC/C(=N/O)C[C@@H]21. The predicted octanol–water partition coefficient (Wildman–Crippen LogP) is 1.24. The minimum Gasteiger partial charge on any atom is -0.411 e. The number of likely N-dealkylation sites (tertiary alicyclic amines) is 1. The van der Waals surface area contributed by atoms with Gasteiger partial charge in [-0.15, -0.1) is 0 Å². The fraction of sp³-hybridized carbons (Fsp3) is 0.800. The summed E-state index contributed by atoms with van der Waals surface area (Å²) in [4.78, 5) is 13.3. The molecule has 2 fully saturated rings. The third-order valence-corrected chi connectivity index (χ3v) is 3.55. The highest BCUT2D eigenvalue weighted by Crippen LogP contribution is 2.33. The molecule has 0 bridgehead atoms. The van der Waals surface area contributed by atoms with Gasteiger partial charge in [0, 0.05) is 25.9 Å². The number of amides is 1. The van der Waals surface area contributed by atoms with E-state index in [1.165, 1.54) is 0 Å². The zero-order valence-corrected chi connectivity index (χ0v) is 8.44. The summed E-state index contributed by atoms with van der Waals surface area (Å²) in [6, 6.07) is 0.274. The number of hydrogen-bond acceptors (Lipinski definition) is 3. The molecule has 4 nitrogen and oxygen atoms in total. The van der Waals surface area contributed by atoms with E-state index < -0.39 is 0 Å². The maximum atomic E-state index is 11.5. The number of rotatable bonds is 0. The summed E-state index contributed by atoms with van der Waals surface area (Å²) in [6.45, 7) is 0. The molecule has 0 spiro atoms. The van der Waals surface area contributed by atoms with Gasteiger partial charge >= 0.3 is 0 Å². The summed E-state index contributed by atoms with van der Waals surface area (Å²) in [5.41, 5.74) is 0.841. The Bertz CT molecular complexity index is 275.